The van der Waals surface area contributed by atoms with Crippen LogP contribution in [0.15, 0.2) is 6.33 Å². The Bertz CT molecular complexity index is 246. The summed E-state index contributed by atoms with van der Waals surface area (Å²) in [5.74, 6) is 0.638. The maximum atomic E-state index is 8.88. The molecule has 0 atom stereocenters. The number of aromatic nitrogens is 3. The Hall–Kier alpha value is -0.940. The van der Waals surface area contributed by atoms with Gasteiger partial charge in [-0.1, -0.05) is 0 Å². The predicted molar refractivity (Wildman–Crippen MR) is 49.1 cm³/mol. The molecule has 0 aromatic carbocycles. The smallest absolute Gasteiger partial charge is 0.158 e. The quantitative estimate of drug-likeness (QED) is 0.684. The van der Waals surface area contributed by atoms with Crippen LogP contribution in [0.4, 0.5) is 0 Å². The average molecular weight is 184 g/mol. The Balaban J connectivity index is 2.36. The first-order valence-electron chi connectivity index (χ1n) is 4.36. The van der Waals surface area contributed by atoms with Crippen molar-refractivity contribution in [2.24, 2.45) is 0 Å². The third-order valence-corrected chi connectivity index (χ3v) is 1.84. The van der Waals surface area contributed by atoms with Gasteiger partial charge in [-0.3, -0.25) is 0 Å². The Labute approximate surface area is 78.0 Å². The van der Waals surface area contributed by atoms with E-state index in [4.69, 9.17) is 5.11 Å². The summed E-state index contributed by atoms with van der Waals surface area (Å²) in [6.45, 7) is 1.85. The van der Waals surface area contributed by atoms with E-state index in [1.54, 1.807) is 6.33 Å². The molecular weight excluding hydrogens is 168 g/mol. The number of rotatable bonds is 5. The van der Waals surface area contributed by atoms with Gasteiger partial charge in [0.25, 0.3) is 0 Å². The first-order chi connectivity index (χ1) is 6.24. The molecule has 0 aliphatic heterocycles. The van der Waals surface area contributed by atoms with Crippen LogP contribution in [-0.4, -0.2) is 45.4 Å². The number of aliphatic hydroxyl groups excluding tert-OH is 1. The minimum atomic E-state index is -0.0397. The minimum absolute atomic E-state index is 0.0397. The van der Waals surface area contributed by atoms with Crippen LogP contribution in [-0.2, 0) is 13.2 Å². The lowest BCUT2D eigenvalue weighted by Crippen LogP contribution is -2.15. The van der Waals surface area contributed by atoms with Gasteiger partial charge in [0.05, 0.1) is 0 Å². The second-order valence-corrected chi connectivity index (χ2v) is 3.26. The molecule has 0 fully saturated rings. The van der Waals surface area contributed by atoms with E-state index in [0.29, 0.717) is 5.82 Å². The van der Waals surface area contributed by atoms with Crippen LogP contribution in [0.25, 0.3) is 0 Å². The van der Waals surface area contributed by atoms with Crippen molar-refractivity contribution < 1.29 is 5.11 Å². The van der Waals surface area contributed by atoms with Crippen LogP contribution in [0.1, 0.15) is 12.2 Å². The van der Waals surface area contributed by atoms with Crippen molar-refractivity contribution in [2.45, 2.75) is 19.6 Å². The van der Waals surface area contributed by atoms with Crippen LogP contribution in [0.5, 0.6) is 0 Å². The first-order valence-corrected chi connectivity index (χ1v) is 4.36. The van der Waals surface area contributed by atoms with Gasteiger partial charge in [-0.15, -0.1) is 10.2 Å². The molecule has 1 N–H and O–H groups in total. The summed E-state index contributed by atoms with van der Waals surface area (Å²) in [6, 6.07) is 0. The molecule has 5 nitrogen and oxygen atoms in total. The molecule has 0 bridgehead atoms. The summed E-state index contributed by atoms with van der Waals surface area (Å²) in [5, 5.41) is 16.4. The van der Waals surface area contributed by atoms with Crippen molar-refractivity contribution >= 4 is 0 Å². The number of aliphatic hydroxyl groups is 1. The molecular formula is C8H16N4O. The van der Waals surface area contributed by atoms with Crippen LogP contribution < -0.4 is 0 Å². The van der Waals surface area contributed by atoms with Crippen molar-refractivity contribution in [2.75, 3.05) is 20.6 Å². The zero-order valence-corrected chi connectivity index (χ0v) is 8.14. The number of aryl methyl sites for hydroxylation is 1. The van der Waals surface area contributed by atoms with Gasteiger partial charge in [-0.2, -0.15) is 0 Å². The second kappa shape index (κ2) is 4.94. The molecule has 13 heavy (non-hydrogen) atoms. The molecule has 1 rings (SSSR count). The van der Waals surface area contributed by atoms with E-state index in [1.807, 2.05) is 18.7 Å². The van der Waals surface area contributed by atoms with Crippen LogP contribution in [0.3, 0.4) is 0 Å². The molecule has 0 unspecified atom stereocenters. The van der Waals surface area contributed by atoms with Gasteiger partial charge in [0.15, 0.2) is 5.82 Å². The van der Waals surface area contributed by atoms with E-state index in [9.17, 15) is 0 Å². The molecule has 0 aliphatic rings. The van der Waals surface area contributed by atoms with Gasteiger partial charge in [-0.05, 0) is 27.1 Å². The number of hydrogen-bond donors (Lipinski definition) is 1. The average Bonchev–Trinajstić information content (AvgIpc) is 2.51. The topological polar surface area (TPSA) is 54.2 Å². The highest BCUT2D eigenvalue weighted by Crippen LogP contribution is 1.97. The van der Waals surface area contributed by atoms with Crippen LogP contribution >= 0.6 is 0 Å². The summed E-state index contributed by atoms with van der Waals surface area (Å²) < 4.78 is 1.88. The fraction of sp³-hybridized carbons (Fsp3) is 0.750. The third kappa shape index (κ3) is 3.12. The Morgan fingerprint density at radius 1 is 1.54 bits per heavy atom. The highest BCUT2D eigenvalue weighted by atomic mass is 16.3. The SMILES string of the molecule is CN(C)CCCn1cnnc1CO. The van der Waals surface area contributed by atoms with Gasteiger partial charge in [0.1, 0.15) is 12.9 Å². The van der Waals surface area contributed by atoms with E-state index in [2.05, 4.69) is 15.1 Å². The van der Waals surface area contributed by atoms with Gasteiger partial charge in [0, 0.05) is 6.54 Å². The summed E-state index contributed by atoms with van der Waals surface area (Å²) >= 11 is 0. The fourth-order valence-corrected chi connectivity index (χ4v) is 1.15. The highest BCUT2D eigenvalue weighted by Gasteiger charge is 2.01. The number of nitrogens with zero attached hydrogens (tertiary/aromatic N) is 4. The molecule has 1 aromatic heterocycles. The maximum absolute atomic E-state index is 8.88. The fourth-order valence-electron chi connectivity index (χ4n) is 1.15. The van der Waals surface area contributed by atoms with Gasteiger partial charge < -0.3 is 14.6 Å². The lowest BCUT2D eigenvalue weighted by molar-refractivity contribution is 0.263. The standard InChI is InChI=1S/C8H16N4O/c1-11(2)4-3-5-12-7-9-10-8(12)6-13/h7,13H,3-6H2,1-2H3. The van der Waals surface area contributed by atoms with Gasteiger partial charge >= 0.3 is 0 Å². The summed E-state index contributed by atoms with van der Waals surface area (Å²) in [5.41, 5.74) is 0. The molecule has 74 valence electrons. The van der Waals surface area contributed by atoms with E-state index in [1.165, 1.54) is 0 Å². The zero-order valence-electron chi connectivity index (χ0n) is 8.14. The van der Waals surface area contributed by atoms with Gasteiger partial charge in [0.2, 0.25) is 0 Å². The molecule has 5 heteroatoms. The van der Waals surface area contributed by atoms with Crippen molar-refractivity contribution in [3.05, 3.63) is 12.2 Å². The Kier molecular flexibility index (Phi) is 3.85. The molecule has 1 heterocycles. The summed E-state index contributed by atoms with van der Waals surface area (Å²) in [4.78, 5) is 2.13. The van der Waals surface area contributed by atoms with Crippen molar-refractivity contribution in [1.29, 1.82) is 0 Å². The first kappa shape index (κ1) is 10.1. The summed E-state index contributed by atoms with van der Waals surface area (Å²) in [6.07, 6.45) is 2.69. The van der Waals surface area contributed by atoms with Crippen molar-refractivity contribution in [3.63, 3.8) is 0 Å². The largest absolute Gasteiger partial charge is 0.388 e. The van der Waals surface area contributed by atoms with E-state index >= 15 is 0 Å². The Morgan fingerprint density at radius 3 is 2.92 bits per heavy atom. The maximum Gasteiger partial charge on any atom is 0.158 e. The van der Waals surface area contributed by atoms with E-state index < -0.39 is 0 Å². The predicted octanol–water partition coefficient (Wildman–Crippen LogP) is -0.278. The monoisotopic (exact) mass is 184 g/mol. The van der Waals surface area contributed by atoms with Gasteiger partial charge in [-0.25, -0.2) is 0 Å². The van der Waals surface area contributed by atoms with Crippen molar-refractivity contribution in [1.82, 2.24) is 19.7 Å². The number of hydrogen-bond acceptors (Lipinski definition) is 4. The second-order valence-electron chi connectivity index (χ2n) is 3.26. The highest BCUT2D eigenvalue weighted by molar-refractivity contribution is 4.81. The molecule has 1 aromatic rings. The van der Waals surface area contributed by atoms with Crippen LogP contribution in [0, 0.1) is 0 Å². The summed E-state index contributed by atoms with van der Waals surface area (Å²) in [7, 11) is 4.08. The Morgan fingerprint density at radius 2 is 2.31 bits per heavy atom. The molecule has 0 aliphatic carbocycles. The van der Waals surface area contributed by atoms with E-state index in [-0.39, 0.29) is 6.61 Å². The molecule has 0 saturated carbocycles. The zero-order chi connectivity index (χ0) is 9.68. The van der Waals surface area contributed by atoms with Crippen LogP contribution in [0.2, 0.25) is 0 Å². The minimum Gasteiger partial charge on any atom is -0.388 e. The van der Waals surface area contributed by atoms with E-state index in [0.717, 1.165) is 19.5 Å². The molecule has 0 spiro atoms. The lowest BCUT2D eigenvalue weighted by Gasteiger charge is -2.09. The molecule has 0 saturated heterocycles. The van der Waals surface area contributed by atoms with Crippen molar-refractivity contribution in [3.8, 4) is 0 Å². The third-order valence-electron chi connectivity index (χ3n) is 1.84. The normalized spacial score (nSPS) is 11.1. The molecule has 0 amide bonds. The molecule has 0 radical (unpaired) electrons. The lowest BCUT2D eigenvalue weighted by atomic mass is 10.4.